The van der Waals surface area contributed by atoms with Gasteiger partial charge in [-0.3, -0.25) is 34.2 Å². The Labute approximate surface area is 360 Å². The van der Waals surface area contributed by atoms with Crippen LogP contribution < -0.4 is 16.0 Å². The molecule has 3 rings (SSSR count). The molecule has 0 spiro atoms. The van der Waals surface area contributed by atoms with Gasteiger partial charge in [-0.25, -0.2) is 9.78 Å². The molecule has 334 valence electrons. The smallest absolute Gasteiger partial charge is 0.412 e. The number of carbonyl (C=O) groups excluding carboxylic acids is 6. The fourth-order valence-electron chi connectivity index (χ4n) is 7.36. The summed E-state index contributed by atoms with van der Waals surface area (Å²) < 4.78 is 16.1. The lowest BCUT2D eigenvalue weighted by atomic mass is 9.92. The zero-order valence-corrected chi connectivity index (χ0v) is 38.4. The van der Waals surface area contributed by atoms with E-state index in [1.54, 1.807) is 57.2 Å². The van der Waals surface area contributed by atoms with E-state index >= 15 is 0 Å². The van der Waals surface area contributed by atoms with Crippen LogP contribution in [-0.4, -0.2) is 108 Å². The van der Waals surface area contributed by atoms with Crippen molar-refractivity contribution in [2.24, 2.45) is 17.8 Å². The van der Waals surface area contributed by atoms with E-state index in [0.29, 0.717) is 23.5 Å². The van der Waals surface area contributed by atoms with Crippen LogP contribution in [0.5, 0.6) is 0 Å². The standard InChI is InChI=1S/C44H68N6O9S/c1-13-27(4)37(48-39(53)34-16-14-15-21-49(34)10)41(54)50(11)35(26(2)3)24-36(58-29(6)51)40-47-33(25-60-40)38(52)45-32(22-28(5)42(55)57-12)23-30-17-19-31(20-18-30)46-43(56)59-44(7,8)9/h17-20,25-28,32,34-37H,13-16,21-24H2,1-12H3,(H,45,52)(H,46,56)(H,48,53)/t27-,28?,32+,34+,35+,36+,37-/m0/s1. The maximum Gasteiger partial charge on any atom is 0.412 e. The number of amides is 4. The summed E-state index contributed by atoms with van der Waals surface area (Å²) in [6.07, 6.45) is 2.80. The van der Waals surface area contributed by atoms with Crippen LogP contribution in [0.25, 0.3) is 0 Å². The summed E-state index contributed by atoms with van der Waals surface area (Å²) in [5.74, 6) is -2.53. The molecule has 0 aliphatic carbocycles. The van der Waals surface area contributed by atoms with Crippen LogP contribution >= 0.6 is 11.3 Å². The number of anilines is 1. The molecule has 16 heteroatoms. The van der Waals surface area contributed by atoms with Crippen LogP contribution in [0.1, 0.15) is 128 Å². The quantitative estimate of drug-likeness (QED) is 0.103. The molecular weight excluding hydrogens is 789 g/mol. The van der Waals surface area contributed by atoms with Crippen molar-refractivity contribution in [3.63, 3.8) is 0 Å². The van der Waals surface area contributed by atoms with Crippen LogP contribution in [0.4, 0.5) is 10.5 Å². The first kappa shape index (κ1) is 49.8. The predicted octanol–water partition coefficient (Wildman–Crippen LogP) is 6.52. The molecule has 1 fully saturated rings. The molecule has 7 atom stereocenters. The van der Waals surface area contributed by atoms with Crippen molar-refractivity contribution in [2.75, 3.05) is 33.1 Å². The first-order chi connectivity index (χ1) is 28.1. The van der Waals surface area contributed by atoms with Gasteiger partial charge in [-0.15, -0.1) is 11.3 Å². The highest BCUT2D eigenvalue weighted by Gasteiger charge is 2.37. The number of hydrogen-bond donors (Lipinski definition) is 3. The largest absolute Gasteiger partial charge is 0.469 e. The highest BCUT2D eigenvalue weighted by molar-refractivity contribution is 7.09. The minimum Gasteiger partial charge on any atom is -0.469 e. The Morgan fingerprint density at radius 2 is 1.67 bits per heavy atom. The summed E-state index contributed by atoms with van der Waals surface area (Å²) in [4.78, 5) is 87.0. The van der Waals surface area contributed by atoms with Crippen molar-refractivity contribution >= 4 is 52.8 Å². The number of piperidine rings is 1. The Morgan fingerprint density at radius 3 is 2.23 bits per heavy atom. The molecular formula is C44H68N6O9S. The number of carbonyl (C=O) groups is 6. The molecule has 15 nitrogen and oxygen atoms in total. The minimum atomic E-state index is -0.868. The van der Waals surface area contributed by atoms with Gasteiger partial charge in [0, 0.05) is 43.5 Å². The molecule has 2 aromatic rings. The number of hydrogen-bond acceptors (Lipinski definition) is 12. The Kier molecular flexibility index (Phi) is 19.0. The van der Waals surface area contributed by atoms with Gasteiger partial charge in [-0.2, -0.15) is 0 Å². The molecule has 1 saturated heterocycles. The van der Waals surface area contributed by atoms with Crippen molar-refractivity contribution < 1.29 is 43.0 Å². The number of likely N-dealkylation sites (tertiary alicyclic amines) is 1. The summed E-state index contributed by atoms with van der Waals surface area (Å²) in [5.41, 5.74) is 0.838. The zero-order valence-electron chi connectivity index (χ0n) is 37.6. The molecule has 0 radical (unpaired) electrons. The molecule has 0 bridgehead atoms. The van der Waals surface area contributed by atoms with Crippen molar-refractivity contribution in [1.29, 1.82) is 0 Å². The van der Waals surface area contributed by atoms with Crippen molar-refractivity contribution in [2.45, 2.75) is 143 Å². The summed E-state index contributed by atoms with van der Waals surface area (Å²) in [6.45, 7) is 17.1. The number of ether oxygens (including phenoxy) is 3. The molecule has 1 aliphatic rings. The SMILES string of the molecule is CC[C@H](C)[C@H](NC(=O)[C@H]1CCCCN1C)C(=O)N(C)[C@H](C[C@@H](OC(C)=O)c1nc(C(=O)N[C@@H](Cc2ccc(NC(=O)OC(C)(C)C)cc2)CC(C)C(=O)OC)cs1)C(C)C. The van der Waals surface area contributed by atoms with Crippen LogP contribution in [0, 0.1) is 17.8 Å². The second kappa shape index (κ2) is 22.9. The minimum absolute atomic E-state index is 0.0720. The van der Waals surface area contributed by atoms with Gasteiger partial charge in [0.1, 0.15) is 22.3 Å². The second-order valence-corrected chi connectivity index (χ2v) is 18.3. The summed E-state index contributed by atoms with van der Waals surface area (Å²) in [6, 6.07) is 5.15. The van der Waals surface area contributed by atoms with E-state index in [-0.39, 0.29) is 48.2 Å². The van der Waals surface area contributed by atoms with Crippen molar-refractivity contribution in [3.05, 3.63) is 45.9 Å². The van der Waals surface area contributed by atoms with Gasteiger partial charge in [0.25, 0.3) is 5.91 Å². The van der Waals surface area contributed by atoms with Gasteiger partial charge >= 0.3 is 18.0 Å². The van der Waals surface area contributed by atoms with E-state index in [1.807, 2.05) is 51.8 Å². The number of benzene rings is 1. The molecule has 60 heavy (non-hydrogen) atoms. The number of esters is 2. The highest BCUT2D eigenvalue weighted by Crippen LogP contribution is 2.31. The monoisotopic (exact) mass is 856 g/mol. The first-order valence-electron chi connectivity index (χ1n) is 21.0. The van der Waals surface area contributed by atoms with Crippen molar-refractivity contribution in [1.82, 2.24) is 25.4 Å². The average molecular weight is 857 g/mol. The van der Waals surface area contributed by atoms with E-state index in [1.165, 1.54) is 25.4 Å². The maximum absolute atomic E-state index is 14.3. The molecule has 1 unspecified atom stereocenters. The fourth-order valence-corrected chi connectivity index (χ4v) is 8.20. The number of thiazole rings is 1. The molecule has 2 heterocycles. The Balaban J connectivity index is 1.81. The lowest BCUT2D eigenvalue weighted by Crippen LogP contribution is -2.58. The molecule has 1 aromatic carbocycles. The maximum atomic E-state index is 14.3. The number of rotatable bonds is 19. The summed E-state index contributed by atoms with van der Waals surface area (Å²) >= 11 is 1.17. The summed E-state index contributed by atoms with van der Waals surface area (Å²) in [7, 11) is 4.97. The van der Waals surface area contributed by atoms with Crippen LogP contribution in [0.2, 0.25) is 0 Å². The van der Waals surface area contributed by atoms with E-state index in [0.717, 1.165) is 31.4 Å². The third-order valence-electron chi connectivity index (χ3n) is 10.9. The van der Waals surface area contributed by atoms with E-state index in [4.69, 9.17) is 14.2 Å². The average Bonchev–Trinajstić information content (AvgIpc) is 3.68. The van der Waals surface area contributed by atoms with Gasteiger partial charge in [0.05, 0.1) is 19.1 Å². The van der Waals surface area contributed by atoms with Gasteiger partial charge in [0.15, 0.2) is 6.10 Å². The second-order valence-electron chi connectivity index (χ2n) is 17.4. The molecule has 0 saturated carbocycles. The molecule has 1 aromatic heterocycles. The number of likely N-dealkylation sites (N-methyl/N-ethyl adjacent to an activating group) is 2. The number of nitrogens with one attached hydrogen (secondary N) is 3. The van der Waals surface area contributed by atoms with E-state index < -0.39 is 59.7 Å². The fraction of sp³-hybridized carbons (Fsp3) is 0.659. The third kappa shape index (κ3) is 15.2. The number of nitrogens with zero attached hydrogens (tertiary/aromatic N) is 3. The normalized spacial score (nSPS) is 17.6. The van der Waals surface area contributed by atoms with Crippen LogP contribution in [-0.2, 0) is 39.8 Å². The molecule has 1 aliphatic heterocycles. The Morgan fingerprint density at radius 1 is 1.00 bits per heavy atom. The molecule has 3 N–H and O–H groups in total. The van der Waals surface area contributed by atoms with Gasteiger partial charge in [-0.05, 0) is 89.6 Å². The van der Waals surface area contributed by atoms with Gasteiger partial charge in [0.2, 0.25) is 11.8 Å². The number of methoxy groups -OCH3 is 1. The van der Waals surface area contributed by atoms with Crippen molar-refractivity contribution in [3.8, 4) is 0 Å². The van der Waals surface area contributed by atoms with Crippen LogP contribution in [0.3, 0.4) is 0 Å². The predicted molar refractivity (Wildman–Crippen MR) is 231 cm³/mol. The van der Waals surface area contributed by atoms with Gasteiger partial charge in [-0.1, -0.05) is 59.6 Å². The lowest BCUT2D eigenvalue weighted by molar-refractivity contribution is -0.149. The van der Waals surface area contributed by atoms with Crippen LogP contribution in [0.15, 0.2) is 29.6 Å². The van der Waals surface area contributed by atoms with E-state index in [2.05, 4.69) is 20.9 Å². The summed E-state index contributed by atoms with van der Waals surface area (Å²) in [5, 5.41) is 10.8. The van der Waals surface area contributed by atoms with E-state index in [9.17, 15) is 28.8 Å². The third-order valence-corrected chi connectivity index (χ3v) is 11.9. The topological polar surface area (TPSA) is 186 Å². The lowest BCUT2D eigenvalue weighted by Gasteiger charge is -2.38. The number of aromatic nitrogens is 1. The zero-order chi connectivity index (χ0) is 44.9. The Bertz CT molecular complexity index is 1760. The van der Waals surface area contributed by atoms with Gasteiger partial charge < -0.3 is 29.7 Å². The Hall–Kier alpha value is -4.57. The molecule has 4 amide bonds. The first-order valence-corrected chi connectivity index (χ1v) is 21.9. The highest BCUT2D eigenvalue weighted by atomic mass is 32.1.